The van der Waals surface area contributed by atoms with Gasteiger partial charge in [-0.25, -0.2) is 4.68 Å². The number of halogens is 1. The van der Waals surface area contributed by atoms with Crippen LogP contribution in [0.15, 0.2) is 71.2 Å². The van der Waals surface area contributed by atoms with Crippen LogP contribution in [0, 0.1) is 0 Å². The molecule has 0 N–H and O–H groups in total. The van der Waals surface area contributed by atoms with Crippen molar-refractivity contribution >= 4 is 33.1 Å². The van der Waals surface area contributed by atoms with Crippen molar-refractivity contribution in [3.05, 3.63) is 76.8 Å². The minimum Gasteiger partial charge on any atom is -0.497 e. The minimum atomic E-state index is 0.602. The predicted molar refractivity (Wildman–Crippen MR) is 106 cm³/mol. The second kappa shape index (κ2) is 6.77. The van der Waals surface area contributed by atoms with Crippen LogP contribution >= 0.6 is 15.9 Å². The molecule has 0 saturated carbocycles. The van der Waals surface area contributed by atoms with Gasteiger partial charge in [-0.2, -0.15) is 5.10 Å². The molecule has 26 heavy (non-hydrogen) atoms. The van der Waals surface area contributed by atoms with Crippen LogP contribution in [0.2, 0.25) is 0 Å². The van der Waals surface area contributed by atoms with Crippen molar-refractivity contribution in [1.82, 2.24) is 9.78 Å². The van der Waals surface area contributed by atoms with Crippen LogP contribution in [0.1, 0.15) is 10.4 Å². The zero-order valence-electron chi connectivity index (χ0n) is 14.0. The second-order valence-corrected chi connectivity index (χ2v) is 6.60. The van der Waals surface area contributed by atoms with Crippen molar-refractivity contribution in [2.75, 3.05) is 7.11 Å². The van der Waals surface area contributed by atoms with Gasteiger partial charge in [0.1, 0.15) is 11.4 Å². The first-order valence-electron chi connectivity index (χ1n) is 8.09. The molecule has 0 bridgehead atoms. The first-order valence-corrected chi connectivity index (χ1v) is 8.88. The van der Waals surface area contributed by atoms with Gasteiger partial charge in [-0.3, -0.25) is 4.79 Å². The molecule has 3 aromatic carbocycles. The number of hydrogen-bond acceptors (Lipinski definition) is 3. The average molecular weight is 407 g/mol. The van der Waals surface area contributed by atoms with Gasteiger partial charge in [0.25, 0.3) is 0 Å². The highest BCUT2D eigenvalue weighted by atomic mass is 79.9. The number of aromatic nitrogens is 2. The highest BCUT2D eigenvalue weighted by Gasteiger charge is 2.16. The topological polar surface area (TPSA) is 44.1 Å². The van der Waals surface area contributed by atoms with Crippen molar-refractivity contribution in [2.45, 2.75) is 0 Å². The van der Waals surface area contributed by atoms with Crippen molar-refractivity contribution in [3.63, 3.8) is 0 Å². The Labute approximate surface area is 159 Å². The zero-order valence-corrected chi connectivity index (χ0v) is 15.6. The van der Waals surface area contributed by atoms with E-state index in [1.807, 2.05) is 65.3 Å². The van der Waals surface area contributed by atoms with E-state index in [0.29, 0.717) is 5.56 Å². The van der Waals surface area contributed by atoms with E-state index >= 15 is 0 Å². The largest absolute Gasteiger partial charge is 0.497 e. The van der Waals surface area contributed by atoms with Crippen LogP contribution in [0.25, 0.3) is 27.8 Å². The van der Waals surface area contributed by atoms with Crippen LogP contribution < -0.4 is 4.74 Å². The molecule has 0 aliphatic rings. The van der Waals surface area contributed by atoms with Crippen LogP contribution in [-0.2, 0) is 0 Å². The number of carbonyl (C=O) groups is 1. The van der Waals surface area contributed by atoms with Gasteiger partial charge >= 0.3 is 0 Å². The average Bonchev–Trinajstić information content (AvgIpc) is 3.08. The summed E-state index contributed by atoms with van der Waals surface area (Å²) in [4.78, 5) is 11.3. The lowest BCUT2D eigenvalue weighted by Crippen LogP contribution is -1.97. The molecule has 0 saturated heterocycles. The Morgan fingerprint density at radius 2 is 1.77 bits per heavy atom. The van der Waals surface area contributed by atoms with Crippen molar-refractivity contribution in [1.29, 1.82) is 0 Å². The van der Waals surface area contributed by atoms with Crippen molar-refractivity contribution in [2.24, 2.45) is 0 Å². The molecule has 4 rings (SSSR count). The van der Waals surface area contributed by atoms with E-state index in [1.165, 1.54) is 0 Å². The summed E-state index contributed by atoms with van der Waals surface area (Å²) in [6, 6.07) is 21.4. The van der Waals surface area contributed by atoms with Gasteiger partial charge in [0.05, 0.1) is 18.3 Å². The molecule has 128 valence electrons. The summed E-state index contributed by atoms with van der Waals surface area (Å²) >= 11 is 3.55. The Morgan fingerprint density at radius 1 is 1.00 bits per heavy atom. The first-order chi connectivity index (χ1) is 12.7. The molecule has 0 atom stereocenters. The van der Waals surface area contributed by atoms with Gasteiger partial charge in [-0.15, -0.1) is 0 Å². The van der Waals surface area contributed by atoms with Gasteiger partial charge in [0.2, 0.25) is 0 Å². The Kier molecular flexibility index (Phi) is 4.31. The summed E-state index contributed by atoms with van der Waals surface area (Å²) in [5, 5.41) is 5.87. The number of carbonyl (C=O) groups excluding carboxylic acids is 1. The van der Waals surface area contributed by atoms with Gasteiger partial charge in [-0.1, -0.05) is 36.4 Å². The Balaban J connectivity index is 1.96. The summed E-state index contributed by atoms with van der Waals surface area (Å²) in [7, 11) is 1.65. The van der Waals surface area contributed by atoms with Crippen LogP contribution in [0.3, 0.4) is 0 Å². The van der Waals surface area contributed by atoms with E-state index in [1.54, 1.807) is 13.2 Å². The fraction of sp³-hybridized carbons (Fsp3) is 0.0476. The van der Waals surface area contributed by atoms with Crippen LogP contribution in [0.4, 0.5) is 0 Å². The van der Waals surface area contributed by atoms with E-state index in [-0.39, 0.29) is 0 Å². The van der Waals surface area contributed by atoms with Gasteiger partial charge in [0.15, 0.2) is 6.29 Å². The number of methoxy groups -OCH3 is 1. The highest BCUT2D eigenvalue weighted by Crippen LogP contribution is 2.35. The van der Waals surface area contributed by atoms with E-state index in [2.05, 4.69) is 15.9 Å². The molecule has 4 nitrogen and oxygen atoms in total. The zero-order chi connectivity index (χ0) is 18.1. The van der Waals surface area contributed by atoms with Crippen LogP contribution in [0.5, 0.6) is 5.75 Å². The fourth-order valence-electron chi connectivity index (χ4n) is 3.01. The maximum atomic E-state index is 11.3. The second-order valence-electron chi connectivity index (χ2n) is 5.80. The number of ether oxygens (including phenoxy) is 1. The lowest BCUT2D eigenvalue weighted by atomic mass is 10.1. The highest BCUT2D eigenvalue weighted by molar-refractivity contribution is 9.10. The third kappa shape index (κ3) is 2.70. The van der Waals surface area contributed by atoms with E-state index in [4.69, 9.17) is 9.84 Å². The maximum Gasteiger partial charge on any atom is 0.151 e. The SMILES string of the molecule is COc1ccc(-n2nc(-c3cccc(C=O)c3Br)c3ccccc32)cc1. The lowest BCUT2D eigenvalue weighted by molar-refractivity contribution is 0.112. The molecular formula is C21H15BrN2O2. The molecule has 0 radical (unpaired) electrons. The van der Waals surface area contributed by atoms with Crippen LogP contribution in [-0.4, -0.2) is 23.2 Å². The molecule has 1 aromatic heterocycles. The number of fused-ring (bicyclic) bond motifs is 1. The summed E-state index contributed by atoms with van der Waals surface area (Å²) < 4.78 is 7.90. The van der Waals surface area contributed by atoms with E-state index in [0.717, 1.165) is 44.4 Å². The molecule has 5 heteroatoms. The molecular weight excluding hydrogens is 392 g/mol. The molecule has 0 fully saturated rings. The summed E-state index contributed by atoms with van der Waals surface area (Å²) in [6.07, 6.45) is 0.843. The van der Waals surface area contributed by atoms with E-state index < -0.39 is 0 Å². The standard InChI is InChI=1S/C21H15BrN2O2/c1-26-16-11-9-15(10-12-16)24-19-8-3-2-6-17(19)21(23-24)18-7-4-5-14(13-25)20(18)22/h2-13H,1H3. The number of nitrogens with zero attached hydrogens (tertiary/aromatic N) is 2. The van der Waals surface area contributed by atoms with Gasteiger partial charge in [-0.05, 0) is 46.3 Å². The number of rotatable bonds is 4. The minimum absolute atomic E-state index is 0.602. The molecule has 0 unspecified atom stereocenters. The first kappa shape index (κ1) is 16.5. The third-order valence-corrected chi connectivity index (χ3v) is 5.20. The Morgan fingerprint density at radius 3 is 2.50 bits per heavy atom. The Bertz CT molecular complexity index is 1100. The molecule has 0 spiro atoms. The molecule has 0 aliphatic carbocycles. The summed E-state index contributed by atoms with van der Waals surface area (Å²) in [6.45, 7) is 0. The lowest BCUT2D eigenvalue weighted by Gasteiger charge is -2.05. The molecule has 4 aromatic rings. The normalized spacial score (nSPS) is 10.8. The van der Waals surface area contributed by atoms with E-state index in [9.17, 15) is 4.79 Å². The van der Waals surface area contributed by atoms with Gasteiger partial charge in [0, 0.05) is 21.0 Å². The summed E-state index contributed by atoms with van der Waals surface area (Å²) in [5.74, 6) is 0.798. The van der Waals surface area contributed by atoms with Crippen molar-refractivity contribution in [3.8, 4) is 22.7 Å². The fourth-order valence-corrected chi connectivity index (χ4v) is 3.55. The van der Waals surface area contributed by atoms with Crippen molar-refractivity contribution < 1.29 is 9.53 Å². The number of hydrogen-bond donors (Lipinski definition) is 0. The Hall–Kier alpha value is -2.92. The number of aldehydes is 1. The molecule has 0 aliphatic heterocycles. The van der Waals surface area contributed by atoms with Gasteiger partial charge < -0.3 is 4.74 Å². The molecule has 0 amide bonds. The summed E-state index contributed by atoms with van der Waals surface area (Å²) in [5.41, 5.74) is 4.25. The quantitative estimate of drug-likeness (QED) is 0.433. The molecule has 1 heterocycles. The smallest absolute Gasteiger partial charge is 0.151 e. The monoisotopic (exact) mass is 406 g/mol. The number of para-hydroxylation sites is 1. The maximum absolute atomic E-state index is 11.3. The number of benzene rings is 3. The third-order valence-electron chi connectivity index (χ3n) is 4.32. The predicted octanol–water partition coefficient (Wildman–Crippen LogP) is 5.28.